The molecule has 3 atom stereocenters. The van der Waals surface area contributed by atoms with Crippen molar-refractivity contribution in [2.24, 2.45) is 11.8 Å². The van der Waals surface area contributed by atoms with E-state index in [0.717, 1.165) is 18.2 Å². The lowest BCUT2D eigenvalue weighted by Gasteiger charge is -2.36. The first-order valence-electron chi connectivity index (χ1n) is 8.41. The smallest absolute Gasteiger partial charge is 0.137 e. The van der Waals surface area contributed by atoms with Gasteiger partial charge in [-0.3, -0.25) is 4.98 Å². The van der Waals surface area contributed by atoms with Crippen LogP contribution in [0.5, 0.6) is 5.75 Å². The maximum atomic E-state index is 5.62. The molecular formula is C18H30N2O. The molecule has 1 N–H and O–H groups in total. The Kier molecular flexibility index (Phi) is 6.04. The fourth-order valence-electron chi connectivity index (χ4n) is 3.37. The molecule has 0 aliphatic heterocycles. The summed E-state index contributed by atoms with van der Waals surface area (Å²) in [5.74, 6) is 3.03. The first kappa shape index (κ1) is 16.3. The van der Waals surface area contributed by atoms with E-state index in [4.69, 9.17) is 4.74 Å². The Bertz CT molecular complexity index is 433. The number of rotatable bonds is 6. The summed E-state index contributed by atoms with van der Waals surface area (Å²) < 4.78 is 5.62. The van der Waals surface area contributed by atoms with Gasteiger partial charge in [0, 0.05) is 12.2 Å². The molecule has 1 aromatic heterocycles. The average Bonchev–Trinajstić information content (AvgIpc) is 2.46. The second kappa shape index (κ2) is 7.79. The molecule has 21 heavy (non-hydrogen) atoms. The molecule has 1 saturated carbocycles. The molecule has 0 bridgehead atoms. The largest absolute Gasteiger partial charge is 0.492 e. The normalized spacial score (nSPS) is 26.0. The van der Waals surface area contributed by atoms with E-state index < -0.39 is 0 Å². The predicted molar refractivity (Wildman–Crippen MR) is 87.8 cm³/mol. The number of aromatic nitrogens is 1. The van der Waals surface area contributed by atoms with Gasteiger partial charge in [0.15, 0.2) is 0 Å². The lowest BCUT2D eigenvalue weighted by atomic mass is 9.72. The molecule has 118 valence electrons. The Labute approximate surface area is 129 Å². The van der Waals surface area contributed by atoms with Gasteiger partial charge in [-0.1, -0.05) is 27.2 Å². The average molecular weight is 290 g/mol. The van der Waals surface area contributed by atoms with Crippen molar-refractivity contribution >= 4 is 0 Å². The Balaban J connectivity index is 2.13. The third kappa shape index (κ3) is 4.70. The summed E-state index contributed by atoms with van der Waals surface area (Å²) in [4.78, 5) is 4.39. The molecule has 3 nitrogen and oxygen atoms in total. The second-order valence-electron chi connectivity index (χ2n) is 6.73. The predicted octanol–water partition coefficient (Wildman–Crippen LogP) is 4.00. The van der Waals surface area contributed by atoms with Crippen LogP contribution in [0, 0.1) is 11.8 Å². The molecule has 3 heteroatoms. The first-order chi connectivity index (χ1) is 10.1. The minimum Gasteiger partial charge on any atom is -0.492 e. The van der Waals surface area contributed by atoms with Crippen LogP contribution in [0.4, 0.5) is 0 Å². The van der Waals surface area contributed by atoms with Crippen molar-refractivity contribution in [1.82, 2.24) is 10.3 Å². The van der Waals surface area contributed by atoms with E-state index in [1.807, 2.05) is 19.3 Å². The van der Waals surface area contributed by atoms with Crippen molar-refractivity contribution < 1.29 is 4.74 Å². The third-order valence-electron chi connectivity index (χ3n) is 4.52. The van der Waals surface area contributed by atoms with Crippen molar-refractivity contribution in [1.29, 1.82) is 0 Å². The molecule has 2 rings (SSSR count). The minimum absolute atomic E-state index is 0.554. The number of hydrogen-bond donors (Lipinski definition) is 1. The van der Waals surface area contributed by atoms with Crippen LogP contribution in [0.2, 0.25) is 0 Å². The quantitative estimate of drug-likeness (QED) is 0.860. The molecule has 1 aliphatic rings. The van der Waals surface area contributed by atoms with Gasteiger partial charge >= 0.3 is 0 Å². The lowest BCUT2D eigenvalue weighted by Crippen LogP contribution is -2.34. The standard InChI is InChI=1S/C18H30N2O/c1-5-21-17-9-16(10-19-12-17)18-8-14(4)6-7-15(18)11-20-13(2)3/h9-10,12-15,18,20H,5-8,11H2,1-4H3. The Morgan fingerprint density at radius 3 is 2.86 bits per heavy atom. The van der Waals surface area contributed by atoms with Crippen molar-refractivity contribution in [3.8, 4) is 5.75 Å². The Hall–Kier alpha value is -1.09. The van der Waals surface area contributed by atoms with E-state index in [2.05, 4.69) is 37.1 Å². The molecule has 1 heterocycles. The third-order valence-corrected chi connectivity index (χ3v) is 4.52. The summed E-state index contributed by atoms with van der Waals surface area (Å²) in [5, 5.41) is 3.62. The highest BCUT2D eigenvalue weighted by Crippen LogP contribution is 2.40. The number of pyridine rings is 1. The van der Waals surface area contributed by atoms with Gasteiger partial charge in [-0.2, -0.15) is 0 Å². The summed E-state index contributed by atoms with van der Waals surface area (Å²) in [6, 6.07) is 2.75. The highest BCUT2D eigenvalue weighted by Gasteiger charge is 2.30. The fraction of sp³-hybridized carbons (Fsp3) is 0.722. The van der Waals surface area contributed by atoms with E-state index in [-0.39, 0.29) is 0 Å². The number of ether oxygens (including phenoxy) is 1. The van der Waals surface area contributed by atoms with Crippen LogP contribution in [0.25, 0.3) is 0 Å². The number of nitrogens with zero attached hydrogens (tertiary/aromatic N) is 1. The van der Waals surface area contributed by atoms with Crippen LogP contribution < -0.4 is 10.1 Å². The molecule has 1 aliphatic carbocycles. The molecule has 1 aromatic rings. The van der Waals surface area contributed by atoms with Crippen molar-refractivity contribution in [3.05, 3.63) is 24.0 Å². The van der Waals surface area contributed by atoms with Gasteiger partial charge in [0.05, 0.1) is 12.8 Å². The zero-order valence-electron chi connectivity index (χ0n) is 13.9. The van der Waals surface area contributed by atoms with Crippen molar-refractivity contribution in [2.75, 3.05) is 13.2 Å². The van der Waals surface area contributed by atoms with E-state index >= 15 is 0 Å². The minimum atomic E-state index is 0.554. The second-order valence-corrected chi connectivity index (χ2v) is 6.73. The summed E-state index contributed by atoms with van der Waals surface area (Å²) in [5.41, 5.74) is 1.35. The van der Waals surface area contributed by atoms with Crippen LogP contribution in [0.3, 0.4) is 0 Å². The van der Waals surface area contributed by atoms with Crippen LogP contribution in [0.15, 0.2) is 18.5 Å². The Morgan fingerprint density at radius 1 is 1.33 bits per heavy atom. The molecule has 0 saturated heterocycles. The van der Waals surface area contributed by atoms with Gasteiger partial charge in [0.25, 0.3) is 0 Å². The topological polar surface area (TPSA) is 34.1 Å². The van der Waals surface area contributed by atoms with Gasteiger partial charge in [-0.15, -0.1) is 0 Å². The van der Waals surface area contributed by atoms with Crippen LogP contribution in [-0.4, -0.2) is 24.2 Å². The molecule has 0 radical (unpaired) electrons. The highest BCUT2D eigenvalue weighted by atomic mass is 16.5. The van der Waals surface area contributed by atoms with Gasteiger partial charge < -0.3 is 10.1 Å². The molecule has 1 fully saturated rings. The number of hydrogen-bond acceptors (Lipinski definition) is 3. The van der Waals surface area contributed by atoms with Crippen LogP contribution >= 0.6 is 0 Å². The Morgan fingerprint density at radius 2 is 2.14 bits per heavy atom. The van der Waals surface area contributed by atoms with Gasteiger partial charge in [-0.05, 0) is 55.7 Å². The van der Waals surface area contributed by atoms with Crippen molar-refractivity contribution in [3.63, 3.8) is 0 Å². The van der Waals surface area contributed by atoms with Gasteiger partial charge in [0.1, 0.15) is 5.75 Å². The van der Waals surface area contributed by atoms with Crippen molar-refractivity contribution in [2.45, 2.75) is 58.9 Å². The zero-order valence-corrected chi connectivity index (χ0v) is 13.9. The molecule has 3 unspecified atom stereocenters. The maximum Gasteiger partial charge on any atom is 0.137 e. The highest BCUT2D eigenvalue weighted by molar-refractivity contribution is 5.27. The molecule has 0 aromatic carbocycles. The maximum absolute atomic E-state index is 5.62. The summed E-state index contributed by atoms with van der Waals surface area (Å²) >= 11 is 0. The fourth-order valence-corrected chi connectivity index (χ4v) is 3.37. The summed E-state index contributed by atoms with van der Waals surface area (Å²) in [6.07, 6.45) is 7.78. The number of nitrogens with one attached hydrogen (secondary N) is 1. The first-order valence-corrected chi connectivity index (χ1v) is 8.41. The zero-order chi connectivity index (χ0) is 15.2. The van der Waals surface area contributed by atoms with E-state index in [1.165, 1.54) is 24.8 Å². The van der Waals surface area contributed by atoms with Crippen LogP contribution in [0.1, 0.15) is 58.4 Å². The van der Waals surface area contributed by atoms with Gasteiger partial charge in [0.2, 0.25) is 0 Å². The molecule has 0 spiro atoms. The summed E-state index contributed by atoms with van der Waals surface area (Å²) in [7, 11) is 0. The molecular weight excluding hydrogens is 260 g/mol. The summed E-state index contributed by atoms with van der Waals surface area (Å²) in [6.45, 7) is 10.6. The lowest BCUT2D eigenvalue weighted by molar-refractivity contribution is 0.237. The van der Waals surface area contributed by atoms with Crippen LogP contribution in [-0.2, 0) is 0 Å². The van der Waals surface area contributed by atoms with Gasteiger partial charge in [-0.25, -0.2) is 0 Å². The van der Waals surface area contributed by atoms with E-state index in [9.17, 15) is 0 Å². The monoisotopic (exact) mass is 290 g/mol. The van der Waals surface area contributed by atoms with E-state index in [0.29, 0.717) is 24.5 Å². The molecule has 0 amide bonds. The SMILES string of the molecule is CCOc1cncc(C2CC(C)CCC2CNC(C)C)c1. The van der Waals surface area contributed by atoms with E-state index in [1.54, 1.807) is 0 Å².